The van der Waals surface area contributed by atoms with Crippen LogP contribution in [0.1, 0.15) is 25.7 Å². The molecule has 14 heavy (non-hydrogen) atoms. The van der Waals surface area contributed by atoms with E-state index >= 15 is 0 Å². The number of hydrogen-bond donors (Lipinski definition) is 0. The molecule has 2 rings (SSSR count). The minimum absolute atomic E-state index is 1.01. The molecule has 0 N–H and O–H groups in total. The molecule has 0 atom stereocenters. The Hall–Kier alpha value is -0.101. The molecule has 0 nitrogen and oxygen atoms in total. The average molecular weight is 386 g/mol. The van der Waals surface area contributed by atoms with Gasteiger partial charge in [-0.05, 0) is 12.8 Å². The van der Waals surface area contributed by atoms with Crippen LogP contribution in [0.3, 0.4) is 0 Å². The molecule has 0 aromatic heterocycles. The van der Waals surface area contributed by atoms with E-state index in [0.717, 1.165) is 25.7 Å². The summed E-state index contributed by atoms with van der Waals surface area (Å²) in [4.78, 5) is 0. The first-order chi connectivity index (χ1) is 7.00. The summed E-state index contributed by atoms with van der Waals surface area (Å²) in [5.41, 5.74) is 0. The summed E-state index contributed by atoms with van der Waals surface area (Å²) in [7, 11) is 4.64. The molecule has 0 fully saturated rings. The predicted molar refractivity (Wildman–Crippen MR) is 58.2 cm³/mol. The van der Waals surface area contributed by atoms with Crippen LogP contribution in [0.5, 0.6) is 0 Å². The molecule has 0 heterocycles. The molecule has 0 aromatic carbocycles. The summed E-state index contributed by atoms with van der Waals surface area (Å²) in [5, 5.41) is 0. The van der Waals surface area contributed by atoms with Gasteiger partial charge in [-0.3, -0.25) is 12.2 Å². The van der Waals surface area contributed by atoms with Gasteiger partial charge in [-0.15, -0.1) is 12.2 Å². The molecule has 0 aliphatic heterocycles. The normalized spacial score (nSPS) is 16.4. The van der Waals surface area contributed by atoms with E-state index in [1.807, 2.05) is 0 Å². The summed E-state index contributed by atoms with van der Waals surface area (Å²) in [5.74, 6) is 0. The van der Waals surface area contributed by atoms with Gasteiger partial charge in [0.25, 0.3) is 0 Å². The zero-order valence-corrected chi connectivity index (χ0v) is 11.2. The predicted octanol–water partition coefficient (Wildman–Crippen LogP) is 4.08. The minimum atomic E-state index is 1.01. The Kier molecular flexibility index (Phi) is 12.8. The second-order valence-electron chi connectivity index (χ2n) is 2.64. The number of rotatable bonds is 0. The molecule has 2 aliphatic carbocycles. The van der Waals surface area contributed by atoms with Crippen molar-refractivity contribution in [1.82, 2.24) is 0 Å². The van der Waals surface area contributed by atoms with Crippen molar-refractivity contribution < 1.29 is 17.9 Å². The van der Waals surface area contributed by atoms with Crippen molar-refractivity contribution in [2.45, 2.75) is 25.7 Å². The molecule has 0 bridgehead atoms. The van der Waals surface area contributed by atoms with E-state index in [1.165, 1.54) is 17.9 Å². The van der Waals surface area contributed by atoms with E-state index in [1.54, 1.807) is 0 Å². The molecule has 0 aromatic rings. The second kappa shape index (κ2) is 12.9. The summed E-state index contributed by atoms with van der Waals surface area (Å²) in [6, 6.07) is 0. The van der Waals surface area contributed by atoms with E-state index in [4.69, 9.17) is 0 Å². The molecular formula is C12H14ClIr. The zero-order valence-electron chi connectivity index (χ0n) is 8.00. The van der Waals surface area contributed by atoms with Gasteiger partial charge in [-0.1, -0.05) is 12.2 Å². The molecule has 0 saturated heterocycles. The van der Waals surface area contributed by atoms with Gasteiger partial charge < -0.3 is 12.2 Å². The third-order valence-electron chi connectivity index (χ3n) is 1.60. The fourth-order valence-electron chi connectivity index (χ4n) is 0.965. The molecule has 0 spiro atoms. The van der Waals surface area contributed by atoms with Crippen LogP contribution in [-0.4, -0.2) is 0 Å². The van der Waals surface area contributed by atoms with Gasteiger partial charge in [0.1, 0.15) is 0 Å². The molecule has 0 radical (unpaired) electrons. The first-order valence-corrected chi connectivity index (χ1v) is 7.49. The summed E-state index contributed by atoms with van der Waals surface area (Å²) in [6.07, 6.45) is 23.0. The Morgan fingerprint density at radius 3 is 1.29 bits per heavy atom. The second-order valence-corrected chi connectivity index (χ2v) is 2.64. The summed E-state index contributed by atoms with van der Waals surface area (Å²) < 4.78 is 0. The average Bonchev–Trinajstić information content (AvgIpc) is 2.37. The van der Waals surface area contributed by atoms with Crippen molar-refractivity contribution in [1.29, 1.82) is 0 Å². The van der Waals surface area contributed by atoms with Crippen molar-refractivity contribution in [3.8, 4) is 0 Å². The maximum atomic E-state index is 4.64. The van der Waals surface area contributed by atoms with E-state index in [0.29, 0.717) is 0 Å². The van der Waals surface area contributed by atoms with E-state index in [9.17, 15) is 0 Å². The molecule has 0 unspecified atom stereocenters. The van der Waals surface area contributed by atoms with Crippen LogP contribution in [0.15, 0.2) is 36.5 Å². The van der Waals surface area contributed by atoms with Crippen molar-refractivity contribution in [2.24, 2.45) is 0 Å². The Bertz CT molecular complexity index is 150. The van der Waals surface area contributed by atoms with E-state index < -0.39 is 0 Å². The van der Waals surface area contributed by atoms with Crippen LogP contribution in [0, 0.1) is 12.2 Å². The third-order valence-corrected chi connectivity index (χ3v) is 1.60. The van der Waals surface area contributed by atoms with Crippen molar-refractivity contribution >= 4 is 9.58 Å². The molecule has 0 amide bonds. The fraction of sp³-hybridized carbons (Fsp3) is 0.333. The molecular weight excluding hydrogens is 372 g/mol. The number of hydrogen-bond acceptors (Lipinski definition) is 0. The number of allylic oxidation sites excluding steroid dienone is 8. The van der Waals surface area contributed by atoms with Crippen LogP contribution in [0.4, 0.5) is 0 Å². The Balaban J connectivity index is 0.000000206. The monoisotopic (exact) mass is 386 g/mol. The van der Waals surface area contributed by atoms with Crippen molar-refractivity contribution in [3.63, 3.8) is 0 Å². The first kappa shape index (κ1) is 13.9. The Morgan fingerprint density at radius 2 is 1.21 bits per heavy atom. The number of halogens is 1. The van der Waals surface area contributed by atoms with Crippen molar-refractivity contribution in [2.75, 3.05) is 0 Å². The quantitative estimate of drug-likeness (QED) is 0.435. The summed E-state index contributed by atoms with van der Waals surface area (Å²) >= 11 is 1.47. The zero-order chi connectivity index (χ0) is 10.5. The first-order valence-electron chi connectivity index (χ1n) is 4.53. The van der Waals surface area contributed by atoms with Crippen molar-refractivity contribution in [3.05, 3.63) is 48.6 Å². The van der Waals surface area contributed by atoms with Gasteiger partial charge in [0.2, 0.25) is 0 Å². The van der Waals surface area contributed by atoms with Gasteiger partial charge in [0.05, 0.1) is 0 Å². The Labute approximate surface area is 102 Å². The fourth-order valence-corrected chi connectivity index (χ4v) is 0.965. The van der Waals surface area contributed by atoms with Crippen LogP contribution >= 0.6 is 9.58 Å². The molecule has 78 valence electrons. The standard InChI is InChI=1S/2C6H7.ClH.Ir/c2*1-2-4-6-5-3-1;;/h2*1-2,5H,3-4H2;1H;/q2*-1;;+3/p-1. The van der Waals surface area contributed by atoms with Gasteiger partial charge in [0, 0.05) is 0 Å². The molecule has 0 saturated carbocycles. The topological polar surface area (TPSA) is 0 Å². The molecule has 2 aliphatic rings. The third kappa shape index (κ3) is 9.98. The van der Waals surface area contributed by atoms with Crippen LogP contribution in [0.2, 0.25) is 0 Å². The SMILES string of the molecule is [C-]1=CCC=CC1.[C-]1=CCC=CC1.[Cl][Ir+2]. The van der Waals surface area contributed by atoms with Crippen LogP contribution in [-0.2, 0) is 17.9 Å². The molecule has 2 heteroatoms. The van der Waals surface area contributed by atoms with E-state index in [-0.39, 0.29) is 0 Å². The summed E-state index contributed by atoms with van der Waals surface area (Å²) in [6.45, 7) is 0. The van der Waals surface area contributed by atoms with Gasteiger partial charge in [0.15, 0.2) is 0 Å². The Morgan fingerprint density at radius 1 is 0.786 bits per heavy atom. The maximum absolute atomic E-state index is 4.64. The van der Waals surface area contributed by atoms with Gasteiger partial charge >= 0.3 is 27.5 Å². The van der Waals surface area contributed by atoms with Crippen LogP contribution in [0.25, 0.3) is 0 Å². The van der Waals surface area contributed by atoms with Gasteiger partial charge in [-0.2, -0.15) is 12.8 Å². The van der Waals surface area contributed by atoms with Gasteiger partial charge in [-0.25, -0.2) is 0 Å². The van der Waals surface area contributed by atoms with Crippen LogP contribution < -0.4 is 0 Å². The van der Waals surface area contributed by atoms with E-state index in [2.05, 4.69) is 58.2 Å².